The highest BCUT2D eigenvalue weighted by atomic mass is 19.1. The topological polar surface area (TPSA) is 55.6 Å². The maximum atomic E-state index is 13.7. The van der Waals surface area contributed by atoms with Gasteiger partial charge in [0.1, 0.15) is 12.1 Å². The summed E-state index contributed by atoms with van der Waals surface area (Å²) in [5.41, 5.74) is 1.23. The normalized spacial score (nSPS) is 10.6. The maximum absolute atomic E-state index is 13.7. The van der Waals surface area contributed by atoms with E-state index in [0.29, 0.717) is 5.69 Å². The first-order valence-electron chi connectivity index (χ1n) is 6.58. The summed E-state index contributed by atoms with van der Waals surface area (Å²) in [7, 11) is 0. The number of rotatable bonds is 7. The molecule has 0 aliphatic heterocycles. The molecule has 0 saturated carbocycles. The zero-order chi connectivity index (χ0) is 13.5. The summed E-state index contributed by atoms with van der Waals surface area (Å²) in [6, 6.07) is 4.78. The van der Waals surface area contributed by atoms with Crippen LogP contribution >= 0.6 is 0 Å². The van der Waals surface area contributed by atoms with E-state index in [1.807, 2.05) is 0 Å². The SMILES string of the molecule is CCCCCCNc1cc(-n2cnnn2)ccc1F. The number of unbranched alkanes of at least 4 members (excludes halogenated alkanes) is 3. The number of nitrogens with zero attached hydrogens (tertiary/aromatic N) is 4. The molecule has 1 heterocycles. The van der Waals surface area contributed by atoms with Gasteiger partial charge in [-0.15, -0.1) is 5.10 Å². The summed E-state index contributed by atoms with van der Waals surface area (Å²) in [5, 5.41) is 14.0. The van der Waals surface area contributed by atoms with Crippen molar-refractivity contribution in [2.24, 2.45) is 0 Å². The highest BCUT2D eigenvalue weighted by Crippen LogP contribution is 2.18. The van der Waals surface area contributed by atoms with Crippen molar-refractivity contribution in [1.29, 1.82) is 0 Å². The zero-order valence-electron chi connectivity index (χ0n) is 11.0. The molecule has 0 atom stereocenters. The van der Waals surface area contributed by atoms with Gasteiger partial charge in [-0.3, -0.25) is 0 Å². The number of halogens is 1. The number of hydrogen-bond donors (Lipinski definition) is 1. The van der Waals surface area contributed by atoms with E-state index in [0.717, 1.165) is 25.1 Å². The molecule has 2 rings (SSSR count). The van der Waals surface area contributed by atoms with Crippen molar-refractivity contribution in [2.75, 3.05) is 11.9 Å². The first-order valence-corrected chi connectivity index (χ1v) is 6.58. The fraction of sp³-hybridized carbons (Fsp3) is 0.462. The monoisotopic (exact) mass is 263 g/mol. The van der Waals surface area contributed by atoms with E-state index in [4.69, 9.17) is 0 Å². The lowest BCUT2D eigenvalue weighted by Gasteiger charge is -2.09. The molecular formula is C13H18FN5. The van der Waals surface area contributed by atoms with E-state index in [-0.39, 0.29) is 5.82 Å². The highest BCUT2D eigenvalue weighted by molar-refractivity contribution is 5.51. The molecule has 0 radical (unpaired) electrons. The Morgan fingerprint density at radius 1 is 1.26 bits per heavy atom. The third-order valence-electron chi connectivity index (χ3n) is 2.91. The molecule has 6 heteroatoms. The van der Waals surface area contributed by atoms with Crippen molar-refractivity contribution in [2.45, 2.75) is 32.6 Å². The Hall–Kier alpha value is -1.98. The van der Waals surface area contributed by atoms with Crippen molar-refractivity contribution >= 4 is 5.69 Å². The first kappa shape index (κ1) is 13.5. The van der Waals surface area contributed by atoms with Gasteiger partial charge in [0.25, 0.3) is 0 Å². The van der Waals surface area contributed by atoms with Gasteiger partial charge in [-0.25, -0.2) is 9.07 Å². The molecule has 0 aliphatic rings. The molecule has 0 unspecified atom stereocenters. The van der Waals surface area contributed by atoms with E-state index in [9.17, 15) is 4.39 Å². The van der Waals surface area contributed by atoms with Crippen LogP contribution in [-0.4, -0.2) is 26.8 Å². The molecule has 19 heavy (non-hydrogen) atoms. The third kappa shape index (κ3) is 3.74. The quantitative estimate of drug-likeness (QED) is 0.780. The van der Waals surface area contributed by atoms with Gasteiger partial charge in [0.15, 0.2) is 0 Å². The highest BCUT2D eigenvalue weighted by Gasteiger charge is 2.05. The van der Waals surface area contributed by atoms with Gasteiger partial charge in [0.05, 0.1) is 11.4 Å². The maximum Gasteiger partial charge on any atom is 0.146 e. The van der Waals surface area contributed by atoms with E-state index in [2.05, 4.69) is 27.8 Å². The summed E-state index contributed by atoms with van der Waals surface area (Å²) in [5.74, 6) is -0.257. The predicted molar refractivity (Wildman–Crippen MR) is 71.7 cm³/mol. The lowest BCUT2D eigenvalue weighted by Crippen LogP contribution is -2.05. The number of aromatic nitrogens is 4. The van der Waals surface area contributed by atoms with Gasteiger partial charge < -0.3 is 5.32 Å². The van der Waals surface area contributed by atoms with Crippen LogP contribution in [0, 0.1) is 5.82 Å². The van der Waals surface area contributed by atoms with Crippen LogP contribution in [0.5, 0.6) is 0 Å². The smallest absolute Gasteiger partial charge is 0.146 e. The lowest BCUT2D eigenvalue weighted by atomic mass is 10.2. The summed E-state index contributed by atoms with van der Waals surface area (Å²) in [6.07, 6.45) is 6.11. The van der Waals surface area contributed by atoms with Crippen molar-refractivity contribution in [3.8, 4) is 5.69 Å². The molecule has 1 N–H and O–H groups in total. The molecule has 1 aromatic heterocycles. The second kappa shape index (κ2) is 6.82. The number of tetrazole rings is 1. The van der Waals surface area contributed by atoms with Gasteiger partial charge in [-0.05, 0) is 35.0 Å². The Bertz CT molecular complexity index is 498. The van der Waals surface area contributed by atoms with Gasteiger partial charge >= 0.3 is 0 Å². The molecule has 0 spiro atoms. The lowest BCUT2D eigenvalue weighted by molar-refractivity contribution is 0.626. The van der Waals surface area contributed by atoms with Crippen LogP contribution in [0.1, 0.15) is 32.6 Å². The van der Waals surface area contributed by atoms with Crippen LogP contribution in [0.3, 0.4) is 0 Å². The van der Waals surface area contributed by atoms with Crippen LogP contribution in [-0.2, 0) is 0 Å². The Balaban J connectivity index is 1.98. The minimum absolute atomic E-state index is 0.257. The minimum Gasteiger partial charge on any atom is -0.383 e. The van der Waals surface area contributed by atoms with Crippen LogP contribution in [0.25, 0.3) is 5.69 Å². The molecule has 0 bridgehead atoms. The molecule has 2 aromatic rings. The Labute approximate surface area is 111 Å². The second-order valence-corrected chi connectivity index (χ2v) is 4.41. The zero-order valence-corrected chi connectivity index (χ0v) is 11.0. The molecule has 1 aromatic carbocycles. The van der Waals surface area contributed by atoms with E-state index in [1.54, 1.807) is 12.1 Å². The molecule has 0 fully saturated rings. The average molecular weight is 263 g/mol. The predicted octanol–water partition coefficient (Wildman–Crippen LogP) is 2.79. The molecular weight excluding hydrogens is 245 g/mol. The number of hydrogen-bond acceptors (Lipinski definition) is 4. The summed E-state index contributed by atoms with van der Waals surface area (Å²) in [6.45, 7) is 2.94. The minimum atomic E-state index is -0.257. The van der Waals surface area contributed by atoms with E-state index in [1.165, 1.54) is 29.9 Å². The standard InChI is InChI=1S/C13H18FN5/c1-2-3-4-5-8-15-13-9-11(6-7-12(13)14)19-10-16-17-18-19/h6-7,9-10,15H,2-5,8H2,1H3. The van der Waals surface area contributed by atoms with Crippen LogP contribution in [0.4, 0.5) is 10.1 Å². The largest absolute Gasteiger partial charge is 0.383 e. The first-order chi connectivity index (χ1) is 9.31. The fourth-order valence-corrected chi connectivity index (χ4v) is 1.85. The van der Waals surface area contributed by atoms with Crippen molar-refractivity contribution in [3.05, 3.63) is 30.3 Å². The third-order valence-corrected chi connectivity index (χ3v) is 2.91. The summed E-state index contributed by atoms with van der Waals surface area (Å²) in [4.78, 5) is 0. The Morgan fingerprint density at radius 2 is 2.16 bits per heavy atom. The molecule has 5 nitrogen and oxygen atoms in total. The molecule has 102 valence electrons. The van der Waals surface area contributed by atoms with Gasteiger partial charge in [0.2, 0.25) is 0 Å². The second-order valence-electron chi connectivity index (χ2n) is 4.41. The number of anilines is 1. The Kier molecular flexibility index (Phi) is 4.83. The van der Waals surface area contributed by atoms with Crippen LogP contribution in [0.2, 0.25) is 0 Å². The average Bonchev–Trinajstić information content (AvgIpc) is 2.94. The van der Waals surface area contributed by atoms with Crippen molar-refractivity contribution in [3.63, 3.8) is 0 Å². The van der Waals surface area contributed by atoms with Gasteiger partial charge in [-0.1, -0.05) is 26.2 Å². The molecule has 0 saturated heterocycles. The van der Waals surface area contributed by atoms with Gasteiger partial charge in [-0.2, -0.15) is 0 Å². The molecule has 0 amide bonds. The van der Waals surface area contributed by atoms with Crippen molar-refractivity contribution in [1.82, 2.24) is 20.2 Å². The van der Waals surface area contributed by atoms with E-state index >= 15 is 0 Å². The van der Waals surface area contributed by atoms with E-state index < -0.39 is 0 Å². The van der Waals surface area contributed by atoms with Gasteiger partial charge in [0, 0.05) is 6.54 Å². The fourth-order valence-electron chi connectivity index (χ4n) is 1.85. The number of benzene rings is 1. The Morgan fingerprint density at radius 3 is 2.89 bits per heavy atom. The van der Waals surface area contributed by atoms with Crippen LogP contribution < -0.4 is 5.32 Å². The summed E-state index contributed by atoms with van der Waals surface area (Å²) < 4.78 is 15.2. The number of nitrogens with one attached hydrogen (secondary N) is 1. The van der Waals surface area contributed by atoms with Crippen molar-refractivity contribution < 1.29 is 4.39 Å². The summed E-state index contributed by atoms with van der Waals surface area (Å²) >= 11 is 0. The van der Waals surface area contributed by atoms with Crippen LogP contribution in [0.15, 0.2) is 24.5 Å². The molecule has 0 aliphatic carbocycles.